The third-order valence-electron chi connectivity index (χ3n) is 6.90. The number of alkyl halides is 3. The normalized spacial score (nSPS) is 21.1. The van der Waals surface area contributed by atoms with E-state index in [-0.39, 0.29) is 16.7 Å². The van der Waals surface area contributed by atoms with Crippen LogP contribution >= 0.6 is 0 Å². The van der Waals surface area contributed by atoms with Crippen molar-refractivity contribution < 1.29 is 46.5 Å². The first-order valence-corrected chi connectivity index (χ1v) is 13.3. The minimum Gasteiger partial charge on any atom is -0.458 e. The van der Waals surface area contributed by atoms with Gasteiger partial charge in [0.05, 0.1) is 16.7 Å². The minimum atomic E-state index is -5.47. The van der Waals surface area contributed by atoms with Crippen molar-refractivity contribution in [1.29, 1.82) is 0 Å². The summed E-state index contributed by atoms with van der Waals surface area (Å²) in [5, 5.41) is 0. The number of nitrogens with zero attached hydrogens (tertiary/aromatic N) is 1. The van der Waals surface area contributed by atoms with Crippen LogP contribution in [0.3, 0.4) is 0 Å². The molecule has 0 saturated carbocycles. The number of rotatable bonds is 8. The van der Waals surface area contributed by atoms with E-state index in [9.17, 15) is 24.0 Å². The van der Waals surface area contributed by atoms with Crippen molar-refractivity contribution in [3.05, 3.63) is 141 Å². The number of hydrogen-bond donors (Lipinski definition) is 1. The summed E-state index contributed by atoms with van der Waals surface area (Å²) >= 11 is 0. The molecule has 14 heteroatoms. The van der Waals surface area contributed by atoms with Gasteiger partial charge in [-0.15, -0.1) is 0 Å². The van der Waals surface area contributed by atoms with Gasteiger partial charge in [-0.05, 0) is 36.4 Å². The molecule has 11 nitrogen and oxygen atoms in total. The molecule has 0 spiro atoms. The van der Waals surface area contributed by atoms with Gasteiger partial charge in [0.2, 0.25) is 5.60 Å². The Bertz CT molecular complexity index is 1790. The van der Waals surface area contributed by atoms with Crippen LogP contribution < -0.4 is 11.2 Å². The molecule has 1 aromatic heterocycles. The molecule has 45 heavy (non-hydrogen) atoms. The molecule has 3 aromatic carbocycles. The average Bonchev–Trinajstić information content (AvgIpc) is 3.34. The Morgan fingerprint density at radius 1 is 0.756 bits per heavy atom. The van der Waals surface area contributed by atoms with Gasteiger partial charge in [0, 0.05) is 12.3 Å². The van der Waals surface area contributed by atoms with E-state index in [1.165, 1.54) is 72.8 Å². The van der Waals surface area contributed by atoms with E-state index in [1.54, 1.807) is 18.2 Å². The second-order valence-electron chi connectivity index (χ2n) is 9.78. The van der Waals surface area contributed by atoms with E-state index in [1.807, 2.05) is 4.98 Å². The summed E-state index contributed by atoms with van der Waals surface area (Å²) in [5.41, 5.74) is -6.11. The number of carbonyl (C=O) groups is 3. The van der Waals surface area contributed by atoms with Crippen LogP contribution in [-0.2, 0) is 18.9 Å². The molecule has 0 aliphatic carbocycles. The van der Waals surface area contributed by atoms with Gasteiger partial charge in [-0.2, -0.15) is 13.2 Å². The molecule has 0 amide bonds. The lowest BCUT2D eigenvalue weighted by atomic mass is 9.94. The lowest BCUT2D eigenvalue weighted by Gasteiger charge is -2.35. The Labute approximate surface area is 251 Å². The molecule has 0 radical (unpaired) electrons. The zero-order chi connectivity index (χ0) is 32.2. The van der Waals surface area contributed by atoms with Crippen LogP contribution in [0.25, 0.3) is 0 Å². The van der Waals surface area contributed by atoms with Crippen molar-refractivity contribution in [2.75, 3.05) is 6.61 Å². The standard InChI is InChI=1S/C31H23F3N2O9/c32-31(33,34)30(18-42-26(38)19-10-4-1-5-11-19)24(44-28(40)21-14-8-3-9-15-21)23(43-27(39)20-12-6-2-7-13-20)25(45-30)36-17-16-22(37)35-29(36)41/h1-17,23-25H,18H2,(H,35,37,41)/t23-,24+,25-,30-/m1/s1. The predicted molar refractivity (Wildman–Crippen MR) is 148 cm³/mol. The number of ether oxygens (including phenoxy) is 4. The van der Waals surface area contributed by atoms with Gasteiger partial charge in [0.1, 0.15) is 6.61 Å². The second-order valence-corrected chi connectivity index (χ2v) is 9.78. The highest BCUT2D eigenvalue weighted by Crippen LogP contribution is 2.50. The number of aromatic nitrogens is 2. The van der Waals surface area contributed by atoms with E-state index in [4.69, 9.17) is 18.9 Å². The summed E-state index contributed by atoms with van der Waals surface area (Å²) < 4.78 is 67.8. The second kappa shape index (κ2) is 12.6. The number of carbonyl (C=O) groups excluding carboxylic acids is 3. The Morgan fingerprint density at radius 2 is 1.24 bits per heavy atom. The first kappa shape index (κ1) is 30.9. The third kappa shape index (κ3) is 6.40. The maximum absolute atomic E-state index is 15.3. The number of hydrogen-bond acceptors (Lipinski definition) is 9. The smallest absolute Gasteiger partial charge is 0.424 e. The van der Waals surface area contributed by atoms with Crippen molar-refractivity contribution in [3.8, 4) is 0 Å². The van der Waals surface area contributed by atoms with Crippen LogP contribution in [0.5, 0.6) is 0 Å². The largest absolute Gasteiger partial charge is 0.458 e. The topological polar surface area (TPSA) is 143 Å². The van der Waals surface area contributed by atoms with Crippen LogP contribution in [-0.4, -0.2) is 58.1 Å². The van der Waals surface area contributed by atoms with Gasteiger partial charge < -0.3 is 18.9 Å². The third-order valence-corrected chi connectivity index (χ3v) is 6.90. The van der Waals surface area contributed by atoms with Crippen molar-refractivity contribution in [3.63, 3.8) is 0 Å². The van der Waals surface area contributed by atoms with E-state index < -0.39 is 66.0 Å². The molecule has 2 heterocycles. The zero-order valence-electron chi connectivity index (χ0n) is 23.0. The monoisotopic (exact) mass is 624 g/mol. The lowest BCUT2D eigenvalue weighted by Crippen LogP contribution is -2.59. The fourth-order valence-electron chi connectivity index (χ4n) is 4.67. The molecule has 1 aliphatic heterocycles. The van der Waals surface area contributed by atoms with Crippen LogP contribution in [0.2, 0.25) is 0 Å². The van der Waals surface area contributed by atoms with Crippen molar-refractivity contribution in [1.82, 2.24) is 9.55 Å². The molecule has 5 rings (SSSR count). The molecular weight excluding hydrogens is 601 g/mol. The van der Waals surface area contributed by atoms with E-state index in [0.29, 0.717) is 4.57 Å². The fourth-order valence-corrected chi connectivity index (χ4v) is 4.67. The molecule has 1 saturated heterocycles. The maximum atomic E-state index is 15.3. The Morgan fingerprint density at radius 3 is 1.73 bits per heavy atom. The molecule has 1 aliphatic rings. The Hall–Kier alpha value is -5.50. The number of benzene rings is 3. The first-order valence-electron chi connectivity index (χ1n) is 13.3. The summed E-state index contributed by atoms with van der Waals surface area (Å²) in [4.78, 5) is 65.7. The fraction of sp³-hybridized carbons (Fsp3) is 0.194. The van der Waals surface area contributed by atoms with E-state index in [0.717, 1.165) is 12.3 Å². The number of halogens is 3. The van der Waals surface area contributed by atoms with Crippen molar-refractivity contribution in [2.45, 2.75) is 30.2 Å². The summed E-state index contributed by atoms with van der Waals surface area (Å²) in [5.74, 6) is -3.58. The average molecular weight is 625 g/mol. The van der Waals surface area contributed by atoms with E-state index >= 15 is 13.2 Å². The number of esters is 3. The predicted octanol–water partition coefficient (Wildman–Crippen LogP) is 3.67. The molecular formula is C31H23F3N2O9. The van der Waals surface area contributed by atoms with Gasteiger partial charge in [0.15, 0.2) is 18.4 Å². The van der Waals surface area contributed by atoms with Crippen molar-refractivity contribution >= 4 is 17.9 Å². The highest BCUT2D eigenvalue weighted by Gasteiger charge is 2.73. The van der Waals surface area contributed by atoms with Gasteiger partial charge >= 0.3 is 29.8 Å². The van der Waals surface area contributed by atoms with Gasteiger partial charge in [-0.25, -0.2) is 19.2 Å². The van der Waals surface area contributed by atoms with Gasteiger partial charge in [0.25, 0.3) is 5.56 Å². The Balaban J connectivity index is 1.64. The molecule has 4 atom stereocenters. The van der Waals surface area contributed by atoms with Gasteiger partial charge in [-0.3, -0.25) is 14.3 Å². The van der Waals surface area contributed by atoms with Crippen LogP contribution in [0.1, 0.15) is 37.3 Å². The molecule has 0 bridgehead atoms. The van der Waals surface area contributed by atoms with Crippen LogP contribution in [0.15, 0.2) is 113 Å². The Kier molecular flexibility index (Phi) is 8.68. The number of aromatic amines is 1. The molecule has 232 valence electrons. The summed E-state index contributed by atoms with van der Waals surface area (Å²) in [6, 6.07) is 22.1. The van der Waals surface area contributed by atoms with Crippen LogP contribution in [0, 0.1) is 0 Å². The number of nitrogens with one attached hydrogen (secondary N) is 1. The van der Waals surface area contributed by atoms with Gasteiger partial charge in [-0.1, -0.05) is 54.6 Å². The maximum Gasteiger partial charge on any atom is 0.424 e. The summed E-state index contributed by atoms with van der Waals surface area (Å²) in [7, 11) is 0. The van der Waals surface area contributed by atoms with Crippen molar-refractivity contribution in [2.24, 2.45) is 0 Å². The quantitative estimate of drug-likeness (QED) is 0.229. The highest BCUT2D eigenvalue weighted by molar-refractivity contribution is 5.91. The molecule has 0 unspecified atom stereocenters. The molecule has 1 N–H and O–H groups in total. The number of H-pyrrole nitrogens is 1. The summed E-state index contributed by atoms with van der Waals surface area (Å²) in [6.45, 7) is -1.58. The minimum absolute atomic E-state index is 0.0850. The van der Waals surface area contributed by atoms with Crippen LogP contribution in [0.4, 0.5) is 13.2 Å². The molecule has 1 fully saturated rings. The summed E-state index contributed by atoms with van der Waals surface area (Å²) in [6.07, 6.45) is -11.5. The zero-order valence-corrected chi connectivity index (χ0v) is 23.0. The van der Waals surface area contributed by atoms with E-state index in [2.05, 4.69) is 0 Å². The molecule has 4 aromatic rings. The SMILES string of the molecule is O=C(OC[C@@]1(C(F)(F)F)O[C@@H](n2ccc(=O)[nH]c2=O)[C@H](OC(=O)c2ccccc2)[C@@H]1OC(=O)c1ccccc1)c1ccccc1. The highest BCUT2D eigenvalue weighted by atomic mass is 19.4. The lowest BCUT2D eigenvalue weighted by molar-refractivity contribution is -0.305. The first-order chi connectivity index (χ1) is 21.5.